The molecule has 0 spiro atoms. The first-order valence-electron chi connectivity index (χ1n) is 8.79. The average Bonchev–Trinajstić information content (AvgIpc) is 3.29. The minimum Gasteiger partial charge on any atom is -0.351 e. The zero-order chi connectivity index (χ0) is 18.6. The molecule has 0 aliphatic carbocycles. The Hall–Kier alpha value is -3.06. The van der Waals surface area contributed by atoms with E-state index >= 15 is 0 Å². The van der Waals surface area contributed by atoms with Gasteiger partial charge in [-0.25, -0.2) is 9.97 Å². The minimum atomic E-state index is -0.0809. The van der Waals surface area contributed by atoms with Crippen LogP contribution in [0.25, 0.3) is 21.7 Å². The third-order valence-electron chi connectivity index (χ3n) is 4.28. The highest BCUT2D eigenvalue weighted by atomic mass is 32.1. The Kier molecular flexibility index (Phi) is 4.93. The number of aromatic nitrogens is 4. The van der Waals surface area contributed by atoms with Crippen molar-refractivity contribution in [3.8, 4) is 10.7 Å². The van der Waals surface area contributed by atoms with Gasteiger partial charge in [-0.15, -0.1) is 11.3 Å². The number of pyridine rings is 1. The lowest BCUT2D eigenvalue weighted by atomic mass is 10.3. The van der Waals surface area contributed by atoms with Crippen LogP contribution in [0.5, 0.6) is 0 Å². The van der Waals surface area contributed by atoms with Crippen molar-refractivity contribution in [3.63, 3.8) is 0 Å². The van der Waals surface area contributed by atoms with Crippen LogP contribution in [0.15, 0.2) is 55.0 Å². The fourth-order valence-corrected chi connectivity index (χ4v) is 3.89. The van der Waals surface area contributed by atoms with Crippen LogP contribution < -0.4 is 5.32 Å². The number of carbonyl (C=O) groups is 1. The summed E-state index contributed by atoms with van der Waals surface area (Å²) in [5.41, 5.74) is 3.63. The number of thiazole rings is 1. The molecule has 4 rings (SSSR count). The van der Waals surface area contributed by atoms with Crippen molar-refractivity contribution in [2.24, 2.45) is 0 Å². The summed E-state index contributed by atoms with van der Waals surface area (Å²) in [6.07, 6.45) is 4.40. The zero-order valence-corrected chi connectivity index (χ0v) is 15.7. The maximum atomic E-state index is 12.5. The van der Waals surface area contributed by atoms with Crippen molar-refractivity contribution < 1.29 is 4.79 Å². The van der Waals surface area contributed by atoms with Gasteiger partial charge in [0, 0.05) is 19.3 Å². The van der Waals surface area contributed by atoms with E-state index in [1.807, 2.05) is 49.6 Å². The number of nitrogens with zero attached hydrogens (tertiary/aromatic N) is 4. The van der Waals surface area contributed by atoms with Gasteiger partial charge in [-0.2, -0.15) is 0 Å². The maximum absolute atomic E-state index is 12.5. The number of rotatable bonds is 6. The van der Waals surface area contributed by atoms with Gasteiger partial charge < -0.3 is 9.88 Å². The fraction of sp³-hybridized carbons (Fsp3) is 0.200. The maximum Gasteiger partial charge on any atom is 0.263 e. The smallest absolute Gasteiger partial charge is 0.263 e. The number of nitrogens with one attached hydrogen (secondary N) is 1. The first kappa shape index (κ1) is 17.4. The first-order chi connectivity index (χ1) is 13.2. The molecule has 136 valence electrons. The molecule has 27 heavy (non-hydrogen) atoms. The molecule has 0 aliphatic heterocycles. The molecule has 0 saturated heterocycles. The Bertz CT molecular complexity index is 1070. The number of benzene rings is 1. The molecule has 0 fully saturated rings. The number of amides is 1. The van der Waals surface area contributed by atoms with E-state index in [1.54, 1.807) is 6.20 Å². The lowest BCUT2D eigenvalue weighted by Gasteiger charge is -2.06. The summed E-state index contributed by atoms with van der Waals surface area (Å²) in [6.45, 7) is 3.26. The van der Waals surface area contributed by atoms with Gasteiger partial charge in [0.1, 0.15) is 9.88 Å². The Labute approximate surface area is 160 Å². The van der Waals surface area contributed by atoms with E-state index in [1.165, 1.54) is 11.3 Å². The van der Waals surface area contributed by atoms with E-state index in [0.29, 0.717) is 11.4 Å². The molecule has 7 heteroatoms. The van der Waals surface area contributed by atoms with Gasteiger partial charge in [-0.1, -0.05) is 18.2 Å². The van der Waals surface area contributed by atoms with E-state index in [2.05, 4.69) is 30.9 Å². The third-order valence-corrected chi connectivity index (χ3v) is 5.45. The van der Waals surface area contributed by atoms with Gasteiger partial charge in [0.25, 0.3) is 5.91 Å². The Morgan fingerprint density at radius 3 is 2.85 bits per heavy atom. The van der Waals surface area contributed by atoms with E-state index in [-0.39, 0.29) is 5.91 Å². The number of carbonyl (C=O) groups excluding carboxylic acids is 1. The summed E-state index contributed by atoms with van der Waals surface area (Å²) >= 11 is 1.38. The number of hydrogen-bond acceptors (Lipinski definition) is 5. The van der Waals surface area contributed by atoms with Gasteiger partial charge in [0.05, 0.1) is 28.7 Å². The predicted molar refractivity (Wildman–Crippen MR) is 107 cm³/mol. The number of fused-ring (bicyclic) bond motifs is 1. The standard InChI is InChI=1S/C20H19N5OS/c1-14-18(27-20(24-14)16-8-4-5-10-21-16)19(26)22-11-6-12-25-13-23-15-7-2-3-9-17(15)25/h2-5,7-10,13H,6,11-12H2,1H3,(H,22,26). The van der Waals surface area contributed by atoms with Crippen LogP contribution in [0.4, 0.5) is 0 Å². The van der Waals surface area contributed by atoms with Gasteiger partial charge >= 0.3 is 0 Å². The van der Waals surface area contributed by atoms with Crippen LogP contribution in [-0.4, -0.2) is 32.0 Å². The fourth-order valence-electron chi connectivity index (χ4n) is 2.93. The largest absolute Gasteiger partial charge is 0.351 e. The first-order valence-corrected chi connectivity index (χ1v) is 9.61. The highest BCUT2D eigenvalue weighted by Crippen LogP contribution is 2.26. The summed E-state index contributed by atoms with van der Waals surface area (Å²) in [4.78, 5) is 26.3. The molecule has 6 nitrogen and oxygen atoms in total. The molecule has 0 saturated carbocycles. The van der Waals surface area contributed by atoms with Crippen LogP contribution in [0.3, 0.4) is 0 Å². The van der Waals surface area contributed by atoms with Crippen molar-refractivity contribution in [3.05, 3.63) is 65.6 Å². The molecule has 3 heterocycles. The third kappa shape index (κ3) is 3.73. The van der Waals surface area contributed by atoms with Gasteiger partial charge in [0.2, 0.25) is 0 Å². The molecule has 0 radical (unpaired) electrons. The lowest BCUT2D eigenvalue weighted by Crippen LogP contribution is -2.25. The quantitative estimate of drug-likeness (QED) is 0.520. The van der Waals surface area contributed by atoms with Gasteiger partial charge in [-0.05, 0) is 37.6 Å². The summed E-state index contributed by atoms with van der Waals surface area (Å²) in [5.74, 6) is -0.0809. The highest BCUT2D eigenvalue weighted by molar-refractivity contribution is 7.17. The molecule has 3 aromatic heterocycles. The molecule has 1 N–H and O–H groups in total. The molecule has 1 amide bonds. The molecule has 0 aliphatic rings. The van der Waals surface area contributed by atoms with Crippen LogP contribution in [0.1, 0.15) is 21.8 Å². The van der Waals surface area contributed by atoms with E-state index in [9.17, 15) is 4.79 Å². The normalized spacial score (nSPS) is 11.0. The predicted octanol–water partition coefficient (Wildman–Crippen LogP) is 3.68. The van der Waals surface area contributed by atoms with Crippen LogP contribution in [-0.2, 0) is 6.54 Å². The van der Waals surface area contributed by atoms with E-state index in [4.69, 9.17) is 0 Å². The lowest BCUT2D eigenvalue weighted by molar-refractivity contribution is 0.0956. The number of aryl methyl sites for hydroxylation is 2. The highest BCUT2D eigenvalue weighted by Gasteiger charge is 2.16. The van der Waals surface area contributed by atoms with Gasteiger partial charge in [-0.3, -0.25) is 9.78 Å². The van der Waals surface area contributed by atoms with Crippen LogP contribution >= 0.6 is 11.3 Å². The summed E-state index contributed by atoms with van der Waals surface area (Å²) < 4.78 is 2.11. The van der Waals surface area contributed by atoms with Crippen molar-refractivity contribution >= 4 is 28.3 Å². The Balaban J connectivity index is 1.35. The number of imidazole rings is 1. The zero-order valence-electron chi connectivity index (χ0n) is 14.9. The van der Waals surface area contributed by atoms with Crippen molar-refractivity contribution in [2.45, 2.75) is 19.9 Å². The molecular weight excluding hydrogens is 358 g/mol. The topological polar surface area (TPSA) is 72.7 Å². The second-order valence-electron chi connectivity index (χ2n) is 6.18. The molecule has 0 bridgehead atoms. The Morgan fingerprint density at radius 2 is 2.00 bits per heavy atom. The Morgan fingerprint density at radius 1 is 1.15 bits per heavy atom. The number of para-hydroxylation sites is 2. The van der Waals surface area contributed by atoms with Crippen molar-refractivity contribution in [2.75, 3.05) is 6.54 Å². The SMILES string of the molecule is Cc1nc(-c2ccccn2)sc1C(=O)NCCCn1cnc2ccccc21. The van der Waals surface area contributed by atoms with E-state index in [0.717, 1.165) is 40.4 Å². The summed E-state index contributed by atoms with van der Waals surface area (Å²) in [7, 11) is 0. The molecule has 0 unspecified atom stereocenters. The molecule has 0 atom stereocenters. The number of hydrogen-bond donors (Lipinski definition) is 1. The van der Waals surface area contributed by atoms with Crippen LogP contribution in [0.2, 0.25) is 0 Å². The molecule has 4 aromatic rings. The van der Waals surface area contributed by atoms with Gasteiger partial charge in [0.15, 0.2) is 0 Å². The van der Waals surface area contributed by atoms with Crippen LogP contribution in [0, 0.1) is 6.92 Å². The average molecular weight is 377 g/mol. The van der Waals surface area contributed by atoms with Crippen molar-refractivity contribution in [1.29, 1.82) is 0 Å². The second-order valence-corrected chi connectivity index (χ2v) is 7.18. The second kappa shape index (κ2) is 7.67. The van der Waals surface area contributed by atoms with E-state index < -0.39 is 0 Å². The minimum absolute atomic E-state index is 0.0809. The molecule has 1 aromatic carbocycles. The summed E-state index contributed by atoms with van der Waals surface area (Å²) in [5, 5.41) is 3.76. The van der Waals surface area contributed by atoms with Crippen molar-refractivity contribution in [1.82, 2.24) is 24.8 Å². The summed E-state index contributed by atoms with van der Waals surface area (Å²) in [6, 6.07) is 13.7. The monoisotopic (exact) mass is 377 g/mol. The molecular formula is C20H19N5OS.